The first-order valence-electron chi connectivity index (χ1n) is 7.12. The van der Waals surface area contributed by atoms with Crippen LogP contribution in [0, 0.1) is 3.57 Å². The van der Waals surface area contributed by atoms with Gasteiger partial charge >= 0.3 is 0 Å². The largest absolute Gasteiger partial charge is 0.454 e. The zero-order valence-corrected chi connectivity index (χ0v) is 15.3. The normalized spacial score (nSPS) is 19.1. The van der Waals surface area contributed by atoms with Gasteiger partial charge in [0, 0.05) is 3.57 Å². The van der Waals surface area contributed by atoms with Crippen LogP contribution in [-0.2, 0) is 4.79 Å². The number of carbonyl (C=O) groups is 1. The predicted molar refractivity (Wildman–Crippen MR) is 103 cm³/mol. The number of nitrogens with one attached hydrogen (secondary N) is 1. The van der Waals surface area contributed by atoms with Crippen molar-refractivity contribution in [1.29, 1.82) is 0 Å². The van der Waals surface area contributed by atoms with Crippen molar-refractivity contribution >= 4 is 57.2 Å². The highest BCUT2D eigenvalue weighted by Gasteiger charge is 2.24. The van der Waals surface area contributed by atoms with E-state index in [0.717, 1.165) is 20.6 Å². The van der Waals surface area contributed by atoms with Crippen LogP contribution in [0.4, 0.5) is 5.69 Å². The lowest BCUT2D eigenvalue weighted by Gasteiger charge is -1.98. The van der Waals surface area contributed by atoms with E-state index in [0.29, 0.717) is 15.8 Å². The number of carbonyl (C=O) groups excluding carboxylic acids is 1. The molecule has 1 fully saturated rings. The maximum absolute atomic E-state index is 12.1. The summed E-state index contributed by atoms with van der Waals surface area (Å²) in [5, 5.41) is 3.37. The molecular formula is C17H11IN2O3S. The standard InChI is InChI=1S/C17H11IN2O3S/c18-11-2-1-3-12(8-11)19-17-20-16(21)15(24-17)7-10-4-5-13-14(6-10)23-9-22-13/h1-8H,9H2,(H,19,20,21)/b15-7+. The van der Waals surface area contributed by atoms with Gasteiger partial charge in [0.1, 0.15) is 0 Å². The minimum atomic E-state index is -0.151. The van der Waals surface area contributed by atoms with Gasteiger partial charge in [0.2, 0.25) is 6.79 Å². The minimum absolute atomic E-state index is 0.151. The average Bonchev–Trinajstić information content (AvgIpc) is 3.14. The number of fused-ring (bicyclic) bond motifs is 1. The summed E-state index contributed by atoms with van der Waals surface area (Å²) >= 11 is 3.56. The van der Waals surface area contributed by atoms with Crippen molar-refractivity contribution in [3.05, 3.63) is 56.5 Å². The van der Waals surface area contributed by atoms with Crippen molar-refractivity contribution in [1.82, 2.24) is 5.32 Å². The van der Waals surface area contributed by atoms with E-state index in [4.69, 9.17) is 9.47 Å². The zero-order chi connectivity index (χ0) is 16.5. The minimum Gasteiger partial charge on any atom is -0.454 e. The number of aliphatic imine (C=N–C) groups is 1. The van der Waals surface area contributed by atoms with Crippen molar-refractivity contribution in [2.75, 3.05) is 6.79 Å². The van der Waals surface area contributed by atoms with Crippen molar-refractivity contribution in [3.8, 4) is 11.5 Å². The Hall–Kier alpha value is -2.00. The predicted octanol–water partition coefficient (Wildman–Crippen LogP) is 3.91. The summed E-state index contributed by atoms with van der Waals surface area (Å²) in [6.45, 7) is 0.233. The van der Waals surface area contributed by atoms with Gasteiger partial charge in [0.05, 0.1) is 10.6 Å². The van der Waals surface area contributed by atoms with Crippen molar-refractivity contribution in [3.63, 3.8) is 0 Å². The van der Waals surface area contributed by atoms with Gasteiger partial charge in [-0.2, -0.15) is 0 Å². The van der Waals surface area contributed by atoms with Crippen LogP contribution in [0.3, 0.4) is 0 Å². The highest BCUT2D eigenvalue weighted by molar-refractivity contribution is 14.1. The topological polar surface area (TPSA) is 59.9 Å². The van der Waals surface area contributed by atoms with Gasteiger partial charge in [-0.25, -0.2) is 4.99 Å². The third-order valence-corrected chi connectivity index (χ3v) is 4.96. The van der Waals surface area contributed by atoms with E-state index in [1.165, 1.54) is 11.8 Å². The van der Waals surface area contributed by atoms with E-state index in [-0.39, 0.29) is 12.7 Å². The van der Waals surface area contributed by atoms with Crippen LogP contribution >= 0.6 is 34.4 Å². The molecule has 1 saturated heterocycles. The zero-order valence-electron chi connectivity index (χ0n) is 12.3. The van der Waals surface area contributed by atoms with Gasteiger partial charge in [-0.1, -0.05) is 12.1 Å². The number of rotatable bonds is 2. The first-order valence-corrected chi connectivity index (χ1v) is 9.02. The quantitative estimate of drug-likeness (QED) is 0.557. The summed E-state index contributed by atoms with van der Waals surface area (Å²) in [6.07, 6.45) is 1.82. The summed E-state index contributed by atoms with van der Waals surface area (Å²) in [4.78, 5) is 17.2. The molecule has 0 aromatic heterocycles. The average molecular weight is 450 g/mol. The highest BCUT2D eigenvalue weighted by atomic mass is 127. The first kappa shape index (κ1) is 15.5. The molecule has 24 heavy (non-hydrogen) atoms. The van der Waals surface area contributed by atoms with Gasteiger partial charge in [-0.05, 0) is 76.3 Å². The lowest BCUT2D eigenvalue weighted by Crippen LogP contribution is -2.19. The van der Waals surface area contributed by atoms with E-state index in [2.05, 4.69) is 32.9 Å². The number of amides is 1. The van der Waals surface area contributed by atoms with Crippen LogP contribution in [0.2, 0.25) is 0 Å². The Labute approximate surface area is 156 Å². The smallest absolute Gasteiger partial charge is 0.264 e. The third-order valence-electron chi connectivity index (χ3n) is 3.38. The molecule has 2 aromatic carbocycles. The van der Waals surface area contributed by atoms with Gasteiger partial charge < -0.3 is 14.8 Å². The SMILES string of the molecule is O=C1NC(=Nc2cccc(I)c2)S/C1=C/c1ccc2c(c1)OCO2. The molecule has 2 aliphatic rings. The molecule has 0 spiro atoms. The van der Waals surface area contributed by atoms with Crippen molar-refractivity contribution in [2.45, 2.75) is 0 Å². The maximum atomic E-state index is 12.1. The Morgan fingerprint density at radius 2 is 2.04 bits per heavy atom. The summed E-state index contributed by atoms with van der Waals surface area (Å²) in [5.41, 5.74) is 1.70. The number of ether oxygens (including phenoxy) is 2. The molecule has 0 aliphatic carbocycles. The van der Waals surface area contributed by atoms with E-state index in [9.17, 15) is 4.79 Å². The Kier molecular flexibility index (Phi) is 4.19. The summed E-state index contributed by atoms with van der Waals surface area (Å²) in [5.74, 6) is 1.27. The monoisotopic (exact) mass is 450 g/mol. The molecule has 7 heteroatoms. The molecule has 4 rings (SSSR count). The molecule has 0 radical (unpaired) electrons. The van der Waals surface area contributed by atoms with Crippen LogP contribution in [0.5, 0.6) is 11.5 Å². The summed E-state index contributed by atoms with van der Waals surface area (Å²) in [6, 6.07) is 13.4. The highest BCUT2D eigenvalue weighted by Crippen LogP contribution is 2.34. The molecule has 0 unspecified atom stereocenters. The van der Waals surface area contributed by atoms with Crippen LogP contribution < -0.4 is 14.8 Å². The fraction of sp³-hybridized carbons (Fsp3) is 0.0588. The molecule has 1 amide bonds. The second-order valence-corrected chi connectivity index (χ2v) is 7.35. The fourth-order valence-electron chi connectivity index (χ4n) is 2.30. The lowest BCUT2D eigenvalue weighted by molar-refractivity contribution is -0.115. The second kappa shape index (κ2) is 6.48. The summed E-state index contributed by atoms with van der Waals surface area (Å²) < 4.78 is 11.7. The fourth-order valence-corrected chi connectivity index (χ4v) is 3.67. The summed E-state index contributed by atoms with van der Waals surface area (Å²) in [7, 11) is 0. The number of thioether (sulfide) groups is 1. The molecule has 0 atom stereocenters. The Bertz CT molecular complexity index is 895. The van der Waals surface area contributed by atoms with E-state index < -0.39 is 0 Å². The molecular weight excluding hydrogens is 439 g/mol. The Morgan fingerprint density at radius 1 is 1.17 bits per heavy atom. The number of halogens is 1. The van der Waals surface area contributed by atoms with Gasteiger partial charge in [0.15, 0.2) is 16.7 Å². The van der Waals surface area contributed by atoms with Crippen LogP contribution in [0.25, 0.3) is 6.08 Å². The molecule has 2 aliphatic heterocycles. The Balaban J connectivity index is 1.58. The molecule has 0 bridgehead atoms. The molecule has 1 N–H and O–H groups in total. The third kappa shape index (κ3) is 3.27. The van der Waals surface area contributed by atoms with Gasteiger partial charge in [-0.3, -0.25) is 4.79 Å². The number of hydrogen-bond acceptors (Lipinski definition) is 5. The molecule has 2 aromatic rings. The van der Waals surface area contributed by atoms with Gasteiger partial charge in [-0.15, -0.1) is 0 Å². The van der Waals surface area contributed by atoms with E-state index in [1.807, 2.05) is 48.5 Å². The van der Waals surface area contributed by atoms with Crippen molar-refractivity contribution < 1.29 is 14.3 Å². The van der Waals surface area contributed by atoms with Crippen molar-refractivity contribution in [2.24, 2.45) is 4.99 Å². The number of amidine groups is 1. The number of nitrogens with zero attached hydrogens (tertiary/aromatic N) is 1. The van der Waals surface area contributed by atoms with Gasteiger partial charge in [0.25, 0.3) is 5.91 Å². The molecule has 0 saturated carbocycles. The van der Waals surface area contributed by atoms with Crippen LogP contribution in [0.1, 0.15) is 5.56 Å². The van der Waals surface area contributed by atoms with E-state index >= 15 is 0 Å². The Morgan fingerprint density at radius 3 is 2.92 bits per heavy atom. The molecule has 120 valence electrons. The van der Waals surface area contributed by atoms with Crippen LogP contribution in [0.15, 0.2) is 52.4 Å². The molecule has 5 nitrogen and oxygen atoms in total. The first-order chi connectivity index (χ1) is 11.7. The maximum Gasteiger partial charge on any atom is 0.264 e. The molecule has 2 heterocycles. The van der Waals surface area contributed by atoms with E-state index in [1.54, 1.807) is 0 Å². The number of benzene rings is 2. The van der Waals surface area contributed by atoms with Crippen LogP contribution in [-0.4, -0.2) is 17.9 Å². The lowest BCUT2D eigenvalue weighted by atomic mass is 10.2. The second-order valence-electron chi connectivity index (χ2n) is 5.07. The number of hydrogen-bond donors (Lipinski definition) is 1.